The molecule has 1 aliphatic rings. The minimum absolute atomic E-state index is 0.485. The van der Waals surface area contributed by atoms with Crippen LogP contribution in [0, 0.1) is 12.8 Å². The van der Waals surface area contributed by atoms with Gasteiger partial charge in [0.05, 0.1) is 0 Å². The molecule has 1 radical (unpaired) electrons. The summed E-state index contributed by atoms with van der Waals surface area (Å²) in [6.45, 7) is 3.94. The lowest BCUT2D eigenvalue weighted by Crippen LogP contribution is -2.13. The number of rotatable bonds is 0. The molecule has 0 aromatic carbocycles. The SMILES string of the molecule is [CH2]C1CCCCC1=S. The molecule has 8 heavy (non-hydrogen) atoms. The van der Waals surface area contributed by atoms with E-state index >= 15 is 0 Å². The van der Waals surface area contributed by atoms with E-state index < -0.39 is 0 Å². The molecule has 0 aromatic heterocycles. The second-order valence-corrected chi connectivity index (χ2v) is 2.93. The molecule has 0 spiro atoms. The number of hydrogen-bond acceptors (Lipinski definition) is 1. The van der Waals surface area contributed by atoms with Gasteiger partial charge in [-0.25, -0.2) is 0 Å². The molecule has 0 aromatic rings. The minimum atomic E-state index is 0.485. The van der Waals surface area contributed by atoms with Crippen molar-refractivity contribution in [1.82, 2.24) is 0 Å². The Bertz CT molecular complexity index is 96.6. The van der Waals surface area contributed by atoms with Crippen molar-refractivity contribution < 1.29 is 0 Å². The van der Waals surface area contributed by atoms with Crippen molar-refractivity contribution in [2.45, 2.75) is 25.7 Å². The Morgan fingerprint density at radius 3 is 2.62 bits per heavy atom. The second kappa shape index (κ2) is 2.58. The van der Waals surface area contributed by atoms with Gasteiger partial charge in [-0.15, -0.1) is 0 Å². The smallest absolute Gasteiger partial charge is 0.00406 e. The number of thiocarbonyl (C=S) groups is 1. The van der Waals surface area contributed by atoms with Gasteiger partial charge in [0.15, 0.2) is 0 Å². The lowest BCUT2D eigenvalue weighted by atomic mass is 9.91. The van der Waals surface area contributed by atoms with Crippen LogP contribution in [0.25, 0.3) is 0 Å². The Morgan fingerprint density at radius 1 is 1.50 bits per heavy atom. The molecule has 0 saturated heterocycles. The summed E-state index contributed by atoms with van der Waals surface area (Å²) in [4.78, 5) is 1.19. The molecular formula is C7H11S. The van der Waals surface area contributed by atoms with Crippen LogP contribution in [-0.2, 0) is 0 Å². The van der Waals surface area contributed by atoms with Gasteiger partial charge in [0.25, 0.3) is 0 Å². The van der Waals surface area contributed by atoms with Gasteiger partial charge in [0.1, 0.15) is 0 Å². The highest BCUT2D eigenvalue weighted by molar-refractivity contribution is 7.80. The van der Waals surface area contributed by atoms with Crippen molar-refractivity contribution in [2.24, 2.45) is 5.92 Å². The van der Waals surface area contributed by atoms with Gasteiger partial charge in [-0.2, -0.15) is 0 Å². The molecule has 1 aliphatic carbocycles. The monoisotopic (exact) mass is 127 g/mol. The highest BCUT2D eigenvalue weighted by atomic mass is 32.1. The molecule has 0 bridgehead atoms. The van der Waals surface area contributed by atoms with E-state index in [-0.39, 0.29) is 0 Å². The average molecular weight is 127 g/mol. The highest BCUT2D eigenvalue weighted by Gasteiger charge is 2.12. The average Bonchev–Trinajstić information content (AvgIpc) is 1.77. The summed E-state index contributed by atoms with van der Waals surface area (Å²) in [5, 5.41) is 0. The van der Waals surface area contributed by atoms with Crippen LogP contribution < -0.4 is 0 Å². The minimum Gasteiger partial charge on any atom is -0.0894 e. The van der Waals surface area contributed by atoms with E-state index in [1.165, 1.54) is 24.1 Å². The van der Waals surface area contributed by atoms with Crippen molar-refractivity contribution >= 4 is 17.1 Å². The van der Waals surface area contributed by atoms with Crippen LogP contribution in [-0.4, -0.2) is 4.86 Å². The lowest BCUT2D eigenvalue weighted by Gasteiger charge is -2.17. The molecule has 1 rings (SSSR count). The predicted molar refractivity (Wildman–Crippen MR) is 39.9 cm³/mol. The second-order valence-electron chi connectivity index (χ2n) is 2.41. The van der Waals surface area contributed by atoms with Crippen LogP contribution in [0.15, 0.2) is 0 Å². The normalized spacial score (nSPS) is 30.6. The fourth-order valence-electron chi connectivity index (χ4n) is 1.06. The van der Waals surface area contributed by atoms with Crippen LogP contribution in [0.2, 0.25) is 0 Å². The number of hydrogen-bond donors (Lipinski definition) is 0. The lowest BCUT2D eigenvalue weighted by molar-refractivity contribution is 0.601. The molecule has 45 valence electrons. The highest BCUT2D eigenvalue weighted by Crippen LogP contribution is 2.20. The maximum Gasteiger partial charge on any atom is -0.00406 e. The Morgan fingerprint density at radius 2 is 2.25 bits per heavy atom. The zero-order valence-corrected chi connectivity index (χ0v) is 5.84. The summed E-state index contributed by atoms with van der Waals surface area (Å²) in [7, 11) is 0. The van der Waals surface area contributed by atoms with Gasteiger partial charge in [0, 0.05) is 0 Å². The zero-order valence-electron chi connectivity index (χ0n) is 5.02. The predicted octanol–water partition coefficient (Wildman–Crippen LogP) is 2.38. The molecule has 0 heterocycles. The molecule has 0 N–H and O–H groups in total. The van der Waals surface area contributed by atoms with E-state index in [4.69, 9.17) is 12.2 Å². The van der Waals surface area contributed by atoms with Gasteiger partial charge in [-0.1, -0.05) is 18.6 Å². The van der Waals surface area contributed by atoms with E-state index in [9.17, 15) is 0 Å². The Kier molecular flexibility index (Phi) is 2.01. The largest absolute Gasteiger partial charge is 0.0894 e. The molecule has 1 atom stereocenters. The third kappa shape index (κ3) is 1.28. The molecule has 1 unspecified atom stereocenters. The molecule has 1 saturated carbocycles. The van der Waals surface area contributed by atoms with Gasteiger partial charge in [-0.3, -0.25) is 0 Å². The van der Waals surface area contributed by atoms with Crippen molar-refractivity contribution in [2.75, 3.05) is 0 Å². The fraction of sp³-hybridized carbons (Fsp3) is 0.714. The molecular weight excluding hydrogens is 116 g/mol. The first-order chi connectivity index (χ1) is 3.80. The van der Waals surface area contributed by atoms with Crippen LogP contribution in [0.5, 0.6) is 0 Å². The summed E-state index contributed by atoms with van der Waals surface area (Å²) >= 11 is 5.07. The fourth-order valence-corrected chi connectivity index (χ4v) is 1.32. The van der Waals surface area contributed by atoms with Crippen LogP contribution in [0.4, 0.5) is 0 Å². The molecule has 1 heteroatoms. The van der Waals surface area contributed by atoms with E-state index in [0.717, 1.165) is 6.42 Å². The molecule has 0 nitrogen and oxygen atoms in total. The third-order valence-corrected chi connectivity index (χ3v) is 2.22. The van der Waals surface area contributed by atoms with Crippen molar-refractivity contribution in [3.63, 3.8) is 0 Å². The summed E-state index contributed by atoms with van der Waals surface area (Å²) < 4.78 is 0. The van der Waals surface area contributed by atoms with Crippen molar-refractivity contribution in [1.29, 1.82) is 0 Å². The summed E-state index contributed by atoms with van der Waals surface area (Å²) in [5.41, 5.74) is 0. The topological polar surface area (TPSA) is 0 Å². The standard InChI is InChI=1S/C7H11S/c1-6-4-2-3-5-7(6)8/h6H,1-5H2. The van der Waals surface area contributed by atoms with Gasteiger partial charge < -0.3 is 0 Å². The van der Waals surface area contributed by atoms with E-state index in [0.29, 0.717) is 5.92 Å². The molecule has 1 fully saturated rings. The molecule has 0 aliphatic heterocycles. The first-order valence-corrected chi connectivity index (χ1v) is 3.57. The summed E-state index contributed by atoms with van der Waals surface area (Å²) in [6.07, 6.45) is 4.99. The Hall–Kier alpha value is 0.0900. The van der Waals surface area contributed by atoms with E-state index in [2.05, 4.69) is 6.92 Å². The third-order valence-electron chi connectivity index (χ3n) is 1.68. The van der Waals surface area contributed by atoms with Crippen molar-refractivity contribution in [3.8, 4) is 0 Å². The Balaban J connectivity index is 2.39. The molecule has 0 amide bonds. The van der Waals surface area contributed by atoms with Gasteiger partial charge in [-0.05, 0) is 37.0 Å². The van der Waals surface area contributed by atoms with Crippen molar-refractivity contribution in [3.05, 3.63) is 6.92 Å². The van der Waals surface area contributed by atoms with Crippen LogP contribution >= 0.6 is 12.2 Å². The van der Waals surface area contributed by atoms with E-state index in [1.54, 1.807) is 0 Å². The maximum absolute atomic E-state index is 5.07. The summed E-state index contributed by atoms with van der Waals surface area (Å²) in [5.74, 6) is 0.485. The Labute approximate surface area is 56.3 Å². The zero-order chi connectivity index (χ0) is 5.98. The first kappa shape index (κ1) is 6.21. The summed E-state index contributed by atoms with van der Waals surface area (Å²) in [6, 6.07) is 0. The quantitative estimate of drug-likeness (QED) is 0.450. The van der Waals surface area contributed by atoms with Gasteiger partial charge >= 0.3 is 0 Å². The first-order valence-electron chi connectivity index (χ1n) is 3.16. The van der Waals surface area contributed by atoms with E-state index in [1.807, 2.05) is 0 Å². The van der Waals surface area contributed by atoms with Gasteiger partial charge in [0.2, 0.25) is 0 Å². The van der Waals surface area contributed by atoms with Crippen LogP contribution in [0.3, 0.4) is 0 Å². The van der Waals surface area contributed by atoms with Crippen LogP contribution in [0.1, 0.15) is 25.7 Å². The maximum atomic E-state index is 5.07.